The fourth-order valence-electron chi connectivity index (χ4n) is 3.45. The summed E-state index contributed by atoms with van der Waals surface area (Å²) in [7, 11) is -2.84. The number of benzene rings is 1. The molecule has 1 atom stereocenters. The second kappa shape index (κ2) is 8.10. The number of hydrogen-bond donors (Lipinski definition) is 0. The number of hydrogen-bond acceptors (Lipinski definition) is 5. The van der Waals surface area contributed by atoms with Gasteiger partial charge in [-0.2, -0.15) is 0 Å². The third kappa shape index (κ3) is 5.21. The van der Waals surface area contributed by atoms with E-state index in [1.807, 2.05) is 4.90 Å². The van der Waals surface area contributed by atoms with Crippen LogP contribution in [-0.2, 0) is 14.6 Å². The molecule has 0 aliphatic carbocycles. The summed E-state index contributed by atoms with van der Waals surface area (Å²) in [5.74, 6) is 1.60. The van der Waals surface area contributed by atoms with Gasteiger partial charge in [0.25, 0.3) is 0 Å². The number of thioether (sulfide) groups is 1. The Morgan fingerprint density at radius 2 is 1.84 bits per heavy atom. The Morgan fingerprint density at radius 1 is 1.16 bits per heavy atom. The van der Waals surface area contributed by atoms with Crippen LogP contribution < -0.4 is 0 Å². The summed E-state index contributed by atoms with van der Waals surface area (Å²) in [4.78, 5) is 17.7. The van der Waals surface area contributed by atoms with Crippen molar-refractivity contribution in [1.82, 2.24) is 9.80 Å². The maximum absolute atomic E-state index is 12.4. The first-order valence-corrected chi connectivity index (χ1v) is 11.7. The van der Waals surface area contributed by atoms with Crippen LogP contribution in [-0.4, -0.2) is 73.6 Å². The molecule has 0 bridgehead atoms. The largest absolute Gasteiger partial charge is 0.340 e. The molecule has 25 heavy (non-hydrogen) atoms. The topological polar surface area (TPSA) is 57.7 Å². The van der Waals surface area contributed by atoms with Gasteiger partial charge >= 0.3 is 0 Å². The molecule has 0 aromatic heterocycles. The van der Waals surface area contributed by atoms with Crippen LogP contribution in [0.5, 0.6) is 0 Å². The Bertz CT molecular complexity index is 696. The highest BCUT2D eigenvalue weighted by Gasteiger charge is 2.34. The van der Waals surface area contributed by atoms with E-state index in [4.69, 9.17) is 0 Å². The van der Waals surface area contributed by atoms with Crippen molar-refractivity contribution in [3.05, 3.63) is 29.8 Å². The highest BCUT2D eigenvalue weighted by atomic mass is 32.2. The normalized spacial score (nSPS) is 23.7. The number of amides is 1. The second-order valence-corrected chi connectivity index (χ2v) is 10.3. The van der Waals surface area contributed by atoms with Crippen LogP contribution in [0.2, 0.25) is 0 Å². The third-order valence-electron chi connectivity index (χ3n) is 5.00. The first kappa shape index (κ1) is 18.7. The van der Waals surface area contributed by atoms with Crippen LogP contribution in [0, 0.1) is 6.92 Å². The lowest BCUT2D eigenvalue weighted by atomic mass is 10.2. The van der Waals surface area contributed by atoms with Crippen LogP contribution in [0.25, 0.3) is 0 Å². The molecule has 1 unspecified atom stereocenters. The van der Waals surface area contributed by atoms with Gasteiger partial charge < -0.3 is 4.90 Å². The molecule has 1 aromatic rings. The van der Waals surface area contributed by atoms with E-state index in [2.05, 4.69) is 36.1 Å². The number of piperazine rings is 1. The fraction of sp³-hybridized carbons (Fsp3) is 0.611. The summed E-state index contributed by atoms with van der Waals surface area (Å²) in [6.07, 6.45) is 1.29. The van der Waals surface area contributed by atoms with Crippen LogP contribution in [0.4, 0.5) is 0 Å². The Morgan fingerprint density at radius 3 is 2.44 bits per heavy atom. The molecule has 5 nitrogen and oxygen atoms in total. The van der Waals surface area contributed by atoms with Crippen molar-refractivity contribution in [3.8, 4) is 0 Å². The first-order chi connectivity index (χ1) is 11.9. The van der Waals surface area contributed by atoms with Crippen molar-refractivity contribution in [2.45, 2.75) is 30.7 Å². The molecule has 2 aliphatic heterocycles. The monoisotopic (exact) mass is 382 g/mol. The van der Waals surface area contributed by atoms with Crippen LogP contribution in [0.3, 0.4) is 0 Å². The van der Waals surface area contributed by atoms with Crippen molar-refractivity contribution < 1.29 is 13.2 Å². The zero-order valence-corrected chi connectivity index (χ0v) is 16.3. The molecular formula is C18H26N2O3S2. The zero-order valence-electron chi connectivity index (χ0n) is 14.7. The molecule has 3 rings (SSSR count). The van der Waals surface area contributed by atoms with E-state index in [0.29, 0.717) is 25.3 Å². The lowest BCUT2D eigenvalue weighted by Gasteiger charge is -2.37. The number of aryl methyl sites for hydroxylation is 1. The molecule has 1 amide bonds. The molecule has 0 radical (unpaired) electrons. The Hall–Kier alpha value is -1.05. The zero-order chi connectivity index (χ0) is 17.9. The number of carbonyl (C=O) groups is 1. The summed E-state index contributed by atoms with van der Waals surface area (Å²) in [6.45, 7) is 5.07. The molecule has 138 valence electrons. The highest BCUT2D eigenvalue weighted by Crippen LogP contribution is 2.21. The fourth-order valence-corrected chi connectivity index (χ4v) is 6.05. The van der Waals surface area contributed by atoms with Crippen molar-refractivity contribution in [2.24, 2.45) is 0 Å². The highest BCUT2D eigenvalue weighted by molar-refractivity contribution is 7.99. The predicted molar refractivity (Wildman–Crippen MR) is 102 cm³/mol. The average molecular weight is 383 g/mol. The van der Waals surface area contributed by atoms with Crippen LogP contribution in [0.15, 0.2) is 29.2 Å². The molecule has 0 spiro atoms. The third-order valence-corrected chi connectivity index (χ3v) is 7.76. The van der Waals surface area contributed by atoms with E-state index >= 15 is 0 Å². The van der Waals surface area contributed by atoms with Gasteiger partial charge in [0.15, 0.2) is 9.84 Å². The van der Waals surface area contributed by atoms with Gasteiger partial charge in [-0.1, -0.05) is 17.7 Å². The summed E-state index contributed by atoms with van der Waals surface area (Å²) in [5, 5.41) is 0. The quantitative estimate of drug-likeness (QED) is 0.727. The first-order valence-electron chi connectivity index (χ1n) is 8.85. The lowest BCUT2D eigenvalue weighted by molar-refractivity contribution is -0.132. The Balaban J connectivity index is 1.39. The van der Waals surface area contributed by atoms with Gasteiger partial charge in [0.05, 0.1) is 11.5 Å². The molecule has 7 heteroatoms. The van der Waals surface area contributed by atoms with E-state index in [1.165, 1.54) is 10.5 Å². The number of nitrogens with zero attached hydrogens (tertiary/aromatic N) is 2. The van der Waals surface area contributed by atoms with Gasteiger partial charge in [-0.25, -0.2) is 8.42 Å². The molecule has 2 saturated heterocycles. The van der Waals surface area contributed by atoms with Crippen molar-refractivity contribution in [1.29, 1.82) is 0 Å². The number of sulfone groups is 1. The maximum Gasteiger partial charge on any atom is 0.223 e. The van der Waals surface area contributed by atoms with E-state index in [-0.39, 0.29) is 17.7 Å². The van der Waals surface area contributed by atoms with Crippen molar-refractivity contribution in [3.63, 3.8) is 0 Å². The summed E-state index contributed by atoms with van der Waals surface area (Å²) in [6, 6.07) is 8.52. The van der Waals surface area contributed by atoms with Gasteiger partial charge in [-0.15, -0.1) is 11.8 Å². The summed E-state index contributed by atoms with van der Waals surface area (Å²) >= 11 is 1.72. The van der Waals surface area contributed by atoms with E-state index in [1.54, 1.807) is 11.8 Å². The minimum atomic E-state index is -2.84. The predicted octanol–water partition coefficient (Wildman–Crippen LogP) is 1.81. The van der Waals surface area contributed by atoms with Crippen LogP contribution >= 0.6 is 11.8 Å². The molecule has 2 fully saturated rings. The minimum Gasteiger partial charge on any atom is -0.340 e. The minimum absolute atomic E-state index is 0.152. The van der Waals surface area contributed by atoms with Gasteiger partial charge in [0.2, 0.25) is 5.91 Å². The lowest BCUT2D eigenvalue weighted by Crippen LogP contribution is -2.52. The molecule has 0 N–H and O–H groups in total. The molecular weight excluding hydrogens is 356 g/mol. The SMILES string of the molecule is Cc1ccc(SCCC(=O)N2CCN(C3CCS(=O)(=O)C3)CC2)cc1. The number of carbonyl (C=O) groups excluding carboxylic acids is 1. The molecule has 1 aromatic carbocycles. The molecule has 0 saturated carbocycles. The van der Waals surface area contributed by atoms with Gasteiger partial charge in [0.1, 0.15) is 0 Å². The van der Waals surface area contributed by atoms with Gasteiger partial charge in [-0.3, -0.25) is 9.69 Å². The Kier molecular flexibility index (Phi) is 6.07. The van der Waals surface area contributed by atoms with E-state index in [0.717, 1.165) is 25.3 Å². The number of rotatable bonds is 5. The van der Waals surface area contributed by atoms with Gasteiger partial charge in [-0.05, 0) is 25.5 Å². The Labute approximate surface area is 154 Å². The summed E-state index contributed by atoms with van der Waals surface area (Å²) < 4.78 is 23.2. The summed E-state index contributed by atoms with van der Waals surface area (Å²) in [5.41, 5.74) is 1.24. The smallest absolute Gasteiger partial charge is 0.223 e. The molecule has 2 aliphatic rings. The van der Waals surface area contributed by atoms with Crippen molar-refractivity contribution in [2.75, 3.05) is 43.4 Å². The van der Waals surface area contributed by atoms with Crippen molar-refractivity contribution >= 4 is 27.5 Å². The molecule has 2 heterocycles. The van der Waals surface area contributed by atoms with Gasteiger partial charge in [0, 0.05) is 49.3 Å². The van der Waals surface area contributed by atoms with E-state index < -0.39 is 9.84 Å². The maximum atomic E-state index is 12.4. The van der Waals surface area contributed by atoms with Crippen LogP contribution in [0.1, 0.15) is 18.4 Å². The standard InChI is InChI=1S/C18H26N2O3S2/c1-15-2-4-17(5-3-15)24-12-6-18(21)20-10-8-19(9-11-20)16-7-13-25(22,23)14-16/h2-5,16H,6-14H2,1H3. The average Bonchev–Trinajstić information content (AvgIpc) is 2.97. The van der Waals surface area contributed by atoms with E-state index in [9.17, 15) is 13.2 Å². The second-order valence-electron chi connectivity index (χ2n) is 6.89.